The molecule has 2 nitrogen and oxygen atoms in total. The molecule has 0 aliphatic heterocycles. The Morgan fingerprint density at radius 3 is 2.29 bits per heavy atom. The van der Waals surface area contributed by atoms with Gasteiger partial charge in [-0.05, 0) is 56.6 Å². The highest BCUT2D eigenvalue weighted by atomic mass is 79.9. The Bertz CT molecular complexity index is 404. The third-order valence-electron chi connectivity index (χ3n) is 3.77. The summed E-state index contributed by atoms with van der Waals surface area (Å²) < 4.78 is 0.996. The summed E-state index contributed by atoms with van der Waals surface area (Å²) in [7, 11) is 0. The summed E-state index contributed by atoms with van der Waals surface area (Å²) in [6.07, 6.45) is 5.96. The second-order valence-corrected chi connectivity index (χ2v) is 6.93. The minimum Gasteiger partial charge on any atom is -0.324 e. The summed E-state index contributed by atoms with van der Waals surface area (Å²) in [4.78, 5) is 2.54. The van der Waals surface area contributed by atoms with Crippen molar-refractivity contribution in [1.82, 2.24) is 4.90 Å². The minimum absolute atomic E-state index is 0.0105. The van der Waals surface area contributed by atoms with Gasteiger partial charge in [-0.1, -0.05) is 60.3 Å². The van der Waals surface area contributed by atoms with Crippen molar-refractivity contribution >= 4 is 27.5 Å². The Morgan fingerprint density at radius 1 is 1.14 bits per heavy atom. The lowest BCUT2D eigenvalue weighted by Crippen LogP contribution is -2.29. The zero-order valence-electron chi connectivity index (χ0n) is 13.2. The van der Waals surface area contributed by atoms with Crippen LogP contribution in [0.4, 0.5) is 0 Å². The van der Waals surface area contributed by atoms with Gasteiger partial charge in [-0.15, -0.1) is 0 Å². The highest BCUT2D eigenvalue weighted by molar-refractivity contribution is 9.10. The van der Waals surface area contributed by atoms with E-state index in [0.717, 1.165) is 28.0 Å². The molecular formula is C17H28BrClN2. The van der Waals surface area contributed by atoms with Crippen LogP contribution in [0.25, 0.3) is 0 Å². The topological polar surface area (TPSA) is 29.3 Å². The first-order valence-corrected chi connectivity index (χ1v) is 9.18. The molecule has 0 spiro atoms. The number of nitrogens with zero attached hydrogens (tertiary/aromatic N) is 1. The maximum atomic E-state index is 6.33. The zero-order valence-corrected chi connectivity index (χ0v) is 15.6. The summed E-state index contributed by atoms with van der Waals surface area (Å²) >= 11 is 9.71. The van der Waals surface area contributed by atoms with E-state index in [4.69, 9.17) is 17.3 Å². The van der Waals surface area contributed by atoms with E-state index >= 15 is 0 Å². The van der Waals surface area contributed by atoms with Crippen LogP contribution in [0, 0.1) is 0 Å². The van der Waals surface area contributed by atoms with Gasteiger partial charge in [0, 0.05) is 15.5 Å². The van der Waals surface area contributed by atoms with Crippen LogP contribution in [0.2, 0.25) is 5.02 Å². The van der Waals surface area contributed by atoms with Crippen LogP contribution in [0.5, 0.6) is 0 Å². The molecule has 0 aliphatic carbocycles. The molecule has 0 radical (unpaired) electrons. The maximum Gasteiger partial charge on any atom is 0.0464 e. The van der Waals surface area contributed by atoms with E-state index in [-0.39, 0.29) is 6.04 Å². The van der Waals surface area contributed by atoms with Gasteiger partial charge < -0.3 is 10.6 Å². The summed E-state index contributed by atoms with van der Waals surface area (Å²) in [6.45, 7) is 7.89. The average molecular weight is 376 g/mol. The fourth-order valence-corrected chi connectivity index (χ4v) is 3.19. The van der Waals surface area contributed by atoms with Crippen molar-refractivity contribution in [3.63, 3.8) is 0 Å². The molecule has 0 saturated heterocycles. The maximum absolute atomic E-state index is 6.33. The molecular weight excluding hydrogens is 348 g/mol. The van der Waals surface area contributed by atoms with Crippen LogP contribution >= 0.6 is 27.5 Å². The van der Waals surface area contributed by atoms with Crippen molar-refractivity contribution < 1.29 is 0 Å². The van der Waals surface area contributed by atoms with E-state index in [9.17, 15) is 0 Å². The van der Waals surface area contributed by atoms with Gasteiger partial charge in [-0.25, -0.2) is 0 Å². The van der Waals surface area contributed by atoms with Gasteiger partial charge in [0.05, 0.1) is 0 Å². The molecule has 0 bridgehead atoms. The minimum atomic E-state index is 0.0105. The number of nitrogens with two attached hydrogens (primary N) is 1. The van der Waals surface area contributed by atoms with Crippen molar-refractivity contribution in [1.29, 1.82) is 0 Å². The predicted octanol–water partition coefficient (Wildman–Crippen LogP) is 5.39. The normalized spacial score (nSPS) is 12.9. The molecule has 1 atom stereocenters. The molecule has 0 amide bonds. The van der Waals surface area contributed by atoms with E-state index in [1.54, 1.807) is 0 Å². The van der Waals surface area contributed by atoms with Crippen LogP contribution in [-0.4, -0.2) is 24.5 Å². The van der Waals surface area contributed by atoms with Gasteiger partial charge >= 0.3 is 0 Å². The molecule has 120 valence electrons. The predicted molar refractivity (Wildman–Crippen MR) is 97.0 cm³/mol. The molecule has 0 heterocycles. The molecule has 4 heteroatoms. The average Bonchev–Trinajstić information content (AvgIpc) is 2.46. The first-order valence-electron chi connectivity index (χ1n) is 8.01. The van der Waals surface area contributed by atoms with Gasteiger partial charge in [0.1, 0.15) is 0 Å². The molecule has 0 aliphatic rings. The van der Waals surface area contributed by atoms with E-state index in [1.807, 2.05) is 18.2 Å². The second-order valence-electron chi connectivity index (χ2n) is 5.61. The smallest absolute Gasteiger partial charge is 0.0464 e. The Morgan fingerprint density at radius 2 is 1.76 bits per heavy atom. The van der Waals surface area contributed by atoms with E-state index < -0.39 is 0 Å². The van der Waals surface area contributed by atoms with Crippen molar-refractivity contribution in [2.75, 3.05) is 19.6 Å². The molecule has 21 heavy (non-hydrogen) atoms. The van der Waals surface area contributed by atoms with Crippen LogP contribution in [0.15, 0.2) is 22.7 Å². The van der Waals surface area contributed by atoms with Gasteiger partial charge in [0.15, 0.2) is 0 Å². The Balaban J connectivity index is 2.52. The number of benzene rings is 1. The number of rotatable bonds is 10. The van der Waals surface area contributed by atoms with Crippen LogP contribution in [0.3, 0.4) is 0 Å². The molecule has 1 unspecified atom stereocenters. The standard InChI is InChI=1S/C17H28BrClN2/c1-3-5-10-21(11-6-4-2)12-9-17(20)15-8-7-14(18)13-16(15)19/h7-8,13,17H,3-6,9-12,20H2,1-2H3. The van der Waals surface area contributed by atoms with Crippen LogP contribution < -0.4 is 5.73 Å². The van der Waals surface area contributed by atoms with Crippen molar-refractivity contribution in [2.24, 2.45) is 5.73 Å². The lowest BCUT2D eigenvalue weighted by atomic mass is 10.0. The van der Waals surface area contributed by atoms with E-state index in [2.05, 4.69) is 34.7 Å². The molecule has 2 N–H and O–H groups in total. The lowest BCUT2D eigenvalue weighted by molar-refractivity contribution is 0.255. The first-order chi connectivity index (χ1) is 10.1. The number of halogens is 2. The molecule has 0 aromatic heterocycles. The van der Waals surface area contributed by atoms with Gasteiger partial charge in [-0.2, -0.15) is 0 Å². The summed E-state index contributed by atoms with van der Waals surface area (Å²) in [5.74, 6) is 0. The summed E-state index contributed by atoms with van der Waals surface area (Å²) in [5.41, 5.74) is 7.37. The number of hydrogen-bond acceptors (Lipinski definition) is 2. The second kappa shape index (κ2) is 10.6. The van der Waals surface area contributed by atoms with Crippen molar-refractivity contribution in [3.05, 3.63) is 33.3 Å². The lowest BCUT2D eigenvalue weighted by Gasteiger charge is -2.24. The summed E-state index contributed by atoms with van der Waals surface area (Å²) in [5, 5.41) is 0.755. The van der Waals surface area contributed by atoms with E-state index in [1.165, 1.54) is 38.8 Å². The van der Waals surface area contributed by atoms with Crippen molar-refractivity contribution in [2.45, 2.75) is 52.0 Å². The Hall–Kier alpha value is -0.0900. The molecule has 1 rings (SSSR count). The van der Waals surface area contributed by atoms with Crippen LogP contribution in [-0.2, 0) is 0 Å². The number of hydrogen-bond donors (Lipinski definition) is 1. The fraction of sp³-hybridized carbons (Fsp3) is 0.647. The molecule has 1 aromatic carbocycles. The zero-order chi connectivity index (χ0) is 15.7. The Labute approximate surface area is 143 Å². The number of unbranched alkanes of at least 4 members (excludes halogenated alkanes) is 2. The van der Waals surface area contributed by atoms with Crippen LogP contribution in [0.1, 0.15) is 57.6 Å². The van der Waals surface area contributed by atoms with Gasteiger partial charge in [0.2, 0.25) is 0 Å². The monoisotopic (exact) mass is 374 g/mol. The van der Waals surface area contributed by atoms with Gasteiger partial charge in [-0.3, -0.25) is 0 Å². The van der Waals surface area contributed by atoms with Crippen molar-refractivity contribution in [3.8, 4) is 0 Å². The fourth-order valence-electron chi connectivity index (χ4n) is 2.38. The Kier molecular flexibility index (Phi) is 9.57. The molecule has 0 fully saturated rings. The van der Waals surface area contributed by atoms with E-state index in [0.29, 0.717) is 0 Å². The molecule has 0 saturated carbocycles. The molecule has 1 aromatic rings. The highest BCUT2D eigenvalue weighted by Gasteiger charge is 2.12. The highest BCUT2D eigenvalue weighted by Crippen LogP contribution is 2.27. The third kappa shape index (κ3) is 7.14. The largest absolute Gasteiger partial charge is 0.324 e. The SMILES string of the molecule is CCCCN(CCCC)CCC(N)c1ccc(Br)cc1Cl. The first kappa shape index (κ1) is 19.0. The third-order valence-corrected chi connectivity index (χ3v) is 4.59. The summed E-state index contributed by atoms with van der Waals surface area (Å²) in [6, 6.07) is 5.96. The quantitative estimate of drug-likeness (QED) is 0.593. The van der Waals surface area contributed by atoms with Gasteiger partial charge in [0.25, 0.3) is 0 Å².